The molecule has 1 aromatic carbocycles. The van der Waals surface area contributed by atoms with E-state index >= 15 is 0 Å². The summed E-state index contributed by atoms with van der Waals surface area (Å²) in [6.45, 7) is 3.55. The van der Waals surface area contributed by atoms with Crippen molar-refractivity contribution in [2.24, 2.45) is 0 Å². The lowest BCUT2D eigenvalue weighted by molar-refractivity contribution is 0.608. The van der Waals surface area contributed by atoms with E-state index in [1.807, 2.05) is 0 Å². The maximum absolute atomic E-state index is 4.25. The molecule has 0 radical (unpaired) electrons. The summed E-state index contributed by atoms with van der Waals surface area (Å²) in [4.78, 5) is 2.58. The topological polar surface area (TPSA) is 3.24 Å². The van der Waals surface area contributed by atoms with E-state index < -0.39 is 0 Å². The number of benzene rings is 1. The summed E-state index contributed by atoms with van der Waals surface area (Å²) < 4.78 is 0. The number of thiol groups is 1. The highest BCUT2D eigenvalue weighted by atomic mass is 32.1. The third kappa shape index (κ3) is 3.19. The molecule has 1 nitrogen and oxygen atoms in total. The molecule has 1 aliphatic heterocycles. The maximum atomic E-state index is 4.25. The molecule has 1 aromatic rings. The molecule has 2 heteroatoms. The average molecular weight is 249 g/mol. The third-order valence-corrected chi connectivity index (χ3v) is 3.97. The first-order valence-corrected chi connectivity index (χ1v) is 7.41. The number of rotatable bonds is 6. The Bertz CT molecular complexity index is 351. The molecule has 0 fully saturated rings. The Morgan fingerprint density at radius 3 is 2.76 bits per heavy atom. The molecule has 0 saturated carbocycles. The first-order chi connectivity index (χ1) is 8.33. The van der Waals surface area contributed by atoms with Gasteiger partial charge in [-0.05, 0) is 43.6 Å². The lowest BCUT2D eigenvalue weighted by Gasteiger charge is -2.24. The Morgan fingerprint density at radius 1 is 1.18 bits per heavy atom. The SMILES string of the molecule is CC1Cc2ccccc2N1CCCCCCS. The molecule has 1 atom stereocenters. The quantitative estimate of drug-likeness (QED) is 0.590. The second kappa shape index (κ2) is 6.34. The predicted molar refractivity (Wildman–Crippen MR) is 79.3 cm³/mol. The molecule has 0 spiro atoms. The zero-order valence-corrected chi connectivity index (χ0v) is 11.6. The molecule has 1 aliphatic rings. The van der Waals surface area contributed by atoms with Crippen LogP contribution in [0.5, 0.6) is 0 Å². The van der Waals surface area contributed by atoms with Crippen LogP contribution in [0.2, 0.25) is 0 Å². The van der Waals surface area contributed by atoms with Gasteiger partial charge in [0.25, 0.3) is 0 Å². The van der Waals surface area contributed by atoms with Crippen LogP contribution >= 0.6 is 12.6 Å². The van der Waals surface area contributed by atoms with E-state index in [-0.39, 0.29) is 0 Å². The van der Waals surface area contributed by atoms with Crippen molar-refractivity contribution in [3.05, 3.63) is 29.8 Å². The maximum Gasteiger partial charge on any atom is 0.0402 e. The Kier molecular flexibility index (Phi) is 4.78. The minimum atomic E-state index is 0.678. The van der Waals surface area contributed by atoms with Gasteiger partial charge in [0, 0.05) is 18.3 Å². The monoisotopic (exact) mass is 249 g/mol. The van der Waals surface area contributed by atoms with Crippen LogP contribution in [0.1, 0.15) is 38.2 Å². The molecular formula is C15H23NS. The Hall–Kier alpha value is -0.630. The first kappa shape index (κ1) is 12.8. The van der Waals surface area contributed by atoms with Crippen molar-refractivity contribution in [2.75, 3.05) is 17.2 Å². The van der Waals surface area contributed by atoms with E-state index in [9.17, 15) is 0 Å². The zero-order valence-electron chi connectivity index (χ0n) is 10.7. The number of nitrogens with zero attached hydrogens (tertiary/aromatic N) is 1. The number of para-hydroxylation sites is 1. The third-order valence-electron chi connectivity index (χ3n) is 3.66. The van der Waals surface area contributed by atoms with Crippen molar-refractivity contribution in [2.45, 2.75) is 45.1 Å². The van der Waals surface area contributed by atoms with Crippen LogP contribution in [0.15, 0.2) is 24.3 Å². The molecule has 17 heavy (non-hydrogen) atoms. The van der Waals surface area contributed by atoms with Crippen molar-refractivity contribution in [1.29, 1.82) is 0 Å². The molecular weight excluding hydrogens is 226 g/mol. The fraction of sp³-hybridized carbons (Fsp3) is 0.600. The second-order valence-corrected chi connectivity index (χ2v) is 5.46. The average Bonchev–Trinajstić information content (AvgIpc) is 2.65. The minimum Gasteiger partial charge on any atom is -0.368 e. The van der Waals surface area contributed by atoms with Gasteiger partial charge in [-0.2, -0.15) is 12.6 Å². The van der Waals surface area contributed by atoms with Crippen LogP contribution in [0.25, 0.3) is 0 Å². The van der Waals surface area contributed by atoms with Crippen LogP contribution in [0.3, 0.4) is 0 Å². The van der Waals surface area contributed by atoms with Crippen molar-refractivity contribution in [1.82, 2.24) is 0 Å². The zero-order chi connectivity index (χ0) is 12.1. The van der Waals surface area contributed by atoms with E-state index in [0.29, 0.717) is 6.04 Å². The van der Waals surface area contributed by atoms with E-state index in [4.69, 9.17) is 0 Å². The van der Waals surface area contributed by atoms with Crippen LogP contribution in [0, 0.1) is 0 Å². The Morgan fingerprint density at radius 2 is 1.94 bits per heavy atom. The molecule has 1 heterocycles. The summed E-state index contributed by atoms with van der Waals surface area (Å²) in [6, 6.07) is 9.53. The molecule has 0 aliphatic carbocycles. The van der Waals surface area contributed by atoms with Gasteiger partial charge in [-0.25, -0.2) is 0 Å². The standard InChI is InChI=1S/C15H23NS/c1-13-12-14-8-4-5-9-15(14)16(13)10-6-2-3-7-11-17/h4-5,8-9,13,17H,2-3,6-7,10-12H2,1H3. The summed E-state index contributed by atoms with van der Waals surface area (Å²) in [7, 11) is 0. The summed E-state index contributed by atoms with van der Waals surface area (Å²) in [5, 5.41) is 0. The fourth-order valence-corrected chi connectivity index (χ4v) is 2.94. The molecule has 2 rings (SSSR count). The lowest BCUT2D eigenvalue weighted by Crippen LogP contribution is -2.30. The van der Waals surface area contributed by atoms with Gasteiger partial charge in [0.1, 0.15) is 0 Å². The Balaban J connectivity index is 1.84. The minimum absolute atomic E-state index is 0.678. The molecule has 0 saturated heterocycles. The number of hydrogen-bond donors (Lipinski definition) is 1. The van der Waals surface area contributed by atoms with Crippen molar-refractivity contribution in [3.63, 3.8) is 0 Å². The summed E-state index contributed by atoms with van der Waals surface area (Å²) >= 11 is 4.25. The largest absolute Gasteiger partial charge is 0.368 e. The van der Waals surface area contributed by atoms with Gasteiger partial charge in [0.2, 0.25) is 0 Å². The summed E-state index contributed by atoms with van der Waals surface area (Å²) in [5.74, 6) is 1.03. The molecule has 0 amide bonds. The van der Waals surface area contributed by atoms with Crippen molar-refractivity contribution in [3.8, 4) is 0 Å². The van der Waals surface area contributed by atoms with E-state index in [0.717, 1.165) is 5.75 Å². The highest BCUT2D eigenvalue weighted by Crippen LogP contribution is 2.31. The molecule has 0 N–H and O–H groups in total. The van der Waals surface area contributed by atoms with Gasteiger partial charge in [-0.15, -0.1) is 0 Å². The highest BCUT2D eigenvalue weighted by Gasteiger charge is 2.24. The van der Waals surface area contributed by atoms with Crippen LogP contribution in [0.4, 0.5) is 5.69 Å². The van der Waals surface area contributed by atoms with Gasteiger partial charge < -0.3 is 4.90 Å². The lowest BCUT2D eigenvalue weighted by atomic mass is 10.1. The second-order valence-electron chi connectivity index (χ2n) is 5.01. The van der Waals surface area contributed by atoms with Gasteiger partial charge >= 0.3 is 0 Å². The van der Waals surface area contributed by atoms with Gasteiger partial charge in [0.05, 0.1) is 0 Å². The predicted octanol–water partition coefficient (Wildman–Crippen LogP) is 3.93. The van der Waals surface area contributed by atoms with E-state index in [1.54, 1.807) is 0 Å². The van der Waals surface area contributed by atoms with E-state index in [2.05, 4.69) is 48.7 Å². The molecule has 0 bridgehead atoms. The van der Waals surface area contributed by atoms with Gasteiger partial charge in [-0.3, -0.25) is 0 Å². The number of fused-ring (bicyclic) bond motifs is 1. The molecule has 94 valence electrons. The van der Waals surface area contributed by atoms with Crippen LogP contribution < -0.4 is 4.90 Å². The fourth-order valence-electron chi connectivity index (χ4n) is 2.72. The summed E-state index contributed by atoms with van der Waals surface area (Å²) in [6.07, 6.45) is 6.45. The smallest absolute Gasteiger partial charge is 0.0402 e. The van der Waals surface area contributed by atoms with Crippen LogP contribution in [-0.2, 0) is 6.42 Å². The molecule has 1 unspecified atom stereocenters. The normalized spacial score (nSPS) is 18.5. The van der Waals surface area contributed by atoms with Crippen molar-refractivity contribution >= 4 is 18.3 Å². The first-order valence-electron chi connectivity index (χ1n) is 6.78. The number of anilines is 1. The van der Waals surface area contributed by atoms with E-state index in [1.165, 1.54) is 49.9 Å². The number of unbranched alkanes of at least 4 members (excludes halogenated alkanes) is 3. The molecule has 0 aromatic heterocycles. The highest BCUT2D eigenvalue weighted by molar-refractivity contribution is 7.80. The number of hydrogen-bond acceptors (Lipinski definition) is 2. The van der Waals surface area contributed by atoms with Gasteiger partial charge in [-0.1, -0.05) is 31.0 Å². The Labute approximate surface area is 111 Å². The van der Waals surface area contributed by atoms with Gasteiger partial charge in [0.15, 0.2) is 0 Å². The van der Waals surface area contributed by atoms with Crippen LogP contribution in [-0.4, -0.2) is 18.3 Å². The van der Waals surface area contributed by atoms with Crippen molar-refractivity contribution < 1.29 is 0 Å². The summed E-state index contributed by atoms with van der Waals surface area (Å²) in [5.41, 5.74) is 2.99.